The zero-order chi connectivity index (χ0) is 12.7. The molecule has 0 aliphatic rings. The highest BCUT2D eigenvalue weighted by Gasteiger charge is 2.26. The van der Waals surface area contributed by atoms with Gasteiger partial charge in [0.2, 0.25) is 0 Å². The molecule has 0 saturated heterocycles. The number of nitrogens with zero attached hydrogens (tertiary/aromatic N) is 2. The van der Waals surface area contributed by atoms with Crippen LogP contribution in [0.25, 0.3) is 0 Å². The summed E-state index contributed by atoms with van der Waals surface area (Å²) in [4.78, 5) is 0. The summed E-state index contributed by atoms with van der Waals surface area (Å²) in [5, 5.41) is 8.08. The van der Waals surface area contributed by atoms with Crippen molar-refractivity contribution in [1.29, 1.82) is 0 Å². The van der Waals surface area contributed by atoms with E-state index < -0.39 is 0 Å². The van der Waals surface area contributed by atoms with Gasteiger partial charge in [0.15, 0.2) is 0 Å². The lowest BCUT2D eigenvalue weighted by atomic mass is 9.78. The van der Waals surface area contributed by atoms with Crippen LogP contribution < -0.4 is 5.32 Å². The lowest BCUT2D eigenvalue weighted by Gasteiger charge is -2.31. The Labute approximate surface area is 106 Å². The first-order valence-electron chi connectivity index (χ1n) is 6.85. The minimum Gasteiger partial charge on any atom is -0.316 e. The monoisotopic (exact) mass is 237 g/mol. The van der Waals surface area contributed by atoms with E-state index in [1.807, 2.05) is 17.9 Å². The number of aryl methyl sites for hydroxylation is 1. The molecule has 1 aromatic rings. The van der Waals surface area contributed by atoms with Crippen molar-refractivity contribution in [3.63, 3.8) is 0 Å². The van der Waals surface area contributed by atoms with Crippen LogP contribution >= 0.6 is 0 Å². The molecule has 1 aromatic heterocycles. The fraction of sp³-hybridized carbons (Fsp3) is 0.786. The zero-order valence-electron chi connectivity index (χ0n) is 11.8. The molecule has 0 aliphatic heterocycles. The summed E-state index contributed by atoms with van der Waals surface area (Å²) < 4.78 is 1.89. The Balaban J connectivity index is 2.63. The number of hydrogen-bond acceptors (Lipinski definition) is 2. The smallest absolute Gasteiger partial charge is 0.0630 e. The van der Waals surface area contributed by atoms with Crippen LogP contribution in [0.4, 0.5) is 0 Å². The zero-order valence-corrected chi connectivity index (χ0v) is 11.8. The summed E-state index contributed by atoms with van der Waals surface area (Å²) in [6, 6.07) is 2.14. The Morgan fingerprint density at radius 2 is 2.00 bits per heavy atom. The molecule has 3 nitrogen and oxygen atoms in total. The van der Waals surface area contributed by atoms with Gasteiger partial charge in [0, 0.05) is 19.8 Å². The lowest BCUT2D eigenvalue weighted by Crippen LogP contribution is -2.35. The van der Waals surface area contributed by atoms with Gasteiger partial charge >= 0.3 is 0 Å². The van der Waals surface area contributed by atoms with E-state index in [4.69, 9.17) is 0 Å². The van der Waals surface area contributed by atoms with Crippen LogP contribution in [0.1, 0.15) is 45.7 Å². The summed E-state index contributed by atoms with van der Waals surface area (Å²) in [6.45, 7) is 9.01. The number of rotatable bonds is 8. The van der Waals surface area contributed by atoms with E-state index in [1.165, 1.54) is 25.0 Å². The van der Waals surface area contributed by atoms with Gasteiger partial charge in [-0.3, -0.25) is 4.68 Å². The van der Waals surface area contributed by atoms with Crippen molar-refractivity contribution in [3.05, 3.63) is 18.0 Å². The van der Waals surface area contributed by atoms with Crippen LogP contribution in [0.3, 0.4) is 0 Å². The fourth-order valence-corrected chi connectivity index (χ4v) is 2.28. The molecule has 17 heavy (non-hydrogen) atoms. The summed E-state index contributed by atoms with van der Waals surface area (Å²) >= 11 is 0. The Hall–Kier alpha value is -0.830. The maximum absolute atomic E-state index is 4.51. The third kappa shape index (κ3) is 4.15. The van der Waals surface area contributed by atoms with Crippen molar-refractivity contribution in [3.8, 4) is 0 Å². The van der Waals surface area contributed by atoms with Crippen molar-refractivity contribution >= 4 is 0 Å². The lowest BCUT2D eigenvalue weighted by molar-refractivity contribution is 0.244. The predicted octanol–water partition coefficient (Wildman–Crippen LogP) is 2.77. The largest absolute Gasteiger partial charge is 0.316 e. The molecule has 3 heteroatoms. The van der Waals surface area contributed by atoms with E-state index in [0.717, 1.165) is 19.5 Å². The molecule has 0 unspecified atom stereocenters. The molecular weight excluding hydrogens is 210 g/mol. The molecule has 1 heterocycles. The summed E-state index contributed by atoms with van der Waals surface area (Å²) in [6.07, 6.45) is 6.73. The normalized spacial score (nSPS) is 12.0. The van der Waals surface area contributed by atoms with Gasteiger partial charge in [-0.15, -0.1) is 0 Å². The van der Waals surface area contributed by atoms with E-state index >= 15 is 0 Å². The Morgan fingerprint density at radius 3 is 2.47 bits per heavy atom. The molecule has 1 N–H and O–H groups in total. The summed E-state index contributed by atoms with van der Waals surface area (Å²) in [5.74, 6) is 0. The minimum absolute atomic E-state index is 0.365. The Kier molecular flexibility index (Phi) is 5.69. The molecule has 0 radical (unpaired) electrons. The molecule has 98 valence electrons. The van der Waals surface area contributed by atoms with Crippen LogP contribution in [0.15, 0.2) is 12.3 Å². The van der Waals surface area contributed by atoms with Crippen molar-refractivity contribution in [1.82, 2.24) is 15.1 Å². The first kappa shape index (κ1) is 14.2. The first-order chi connectivity index (χ1) is 8.15. The van der Waals surface area contributed by atoms with Gasteiger partial charge in [0.1, 0.15) is 0 Å². The topological polar surface area (TPSA) is 29.9 Å². The second-order valence-corrected chi connectivity index (χ2v) is 5.04. The van der Waals surface area contributed by atoms with Gasteiger partial charge in [-0.2, -0.15) is 5.10 Å². The average molecular weight is 237 g/mol. The third-order valence-electron chi connectivity index (χ3n) is 3.75. The second-order valence-electron chi connectivity index (χ2n) is 5.04. The molecule has 0 saturated carbocycles. The molecule has 1 rings (SSSR count). The number of nitrogens with one attached hydrogen (secondary N) is 1. The van der Waals surface area contributed by atoms with Gasteiger partial charge < -0.3 is 5.32 Å². The van der Waals surface area contributed by atoms with Gasteiger partial charge in [-0.25, -0.2) is 0 Å². The van der Waals surface area contributed by atoms with Crippen molar-refractivity contribution < 1.29 is 0 Å². The Bertz CT molecular complexity index is 313. The third-order valence-corrected chi connectivity index (χ3v) is 3.75. The summed E-state index contributed by atoms with van der Waals surface area (Å²) in [5.41, 5.74) is 1.58. The van der Waals surface area contributed by atoms with Crippen LogP contribution in [0, 0.1) is 5.41 Å². The quantitative estimate of drug-likeness (QED) is 0.705. The van der Waals surface area contributed by atoms with Gasteiger partial charge in [0.05, 0.1) is 5.69 Å². The standard InChI is InChI=1S/C14H27N3/c1-5-9-15-12-14(6-2,7-3)11-13-8-10-17(4)16-13/h8,10,15H,5-7,9,11-12H2,1-4H3. The molecule has 0 aliphatic carbocycles. The highest BCUT2D eigenvalue weighted by atomic mass is 15.2. The molecule has 0 spiro atoms. The number of aromatic nitrogens is 2. The van der Waals surface area contributed by atoms with Crippen molar-refractivity contribution in [2.24, 2.45) is 12.5 Å². The Morgan fingerprint density at radius 1 is 1.29 bits per heavy atom. The molecule has 0 aromatic carbocycles. The van der Waals surface area contributed by atoms with Crippen molar-refractivity contribution in [2.45, 2.75) is 46.5 Å². The minimum atomic E-state index is 0.365. The van der Waals surface area contributed by atoms with E-state index in [0.29, 0.717) is 5.41 Å². The van der Waals surface area contributed by atoms with E-state index in [-0.39, 0.29) is 0 Å². The second kappa shape index (κ2) is 6.80. The van der Waals surface area contributed by atoms with Crippen LogP contribution in [0.5, 0.6) is 0 Å². The van der Waals surface area contributed by atoms with Gasteiger partial charge in [-0.05, 0) is 43.7 Å². The number of hydrogen-bond donors (Lipinski definition) is 1. The molecule has 0 fully saturated rings. The van der Waals surface area contributed by atoms with E-state index in [9.17, 15) is 0 Å². The predicted molar refractivity (Wildman–Crippen MR) is 73.1 cm³/mol. The van der Waals surface area contributed by atoms with Crippen LogP contribution in [0.2, 0.25) is 0 Å². The maximum atomic E-state index is 4.51. The average Bonchev–Trinajstić information content (AvgIpc) is 2.73. The fourth-order valence-electron chi connectivity index (χ4n) is 2.28. The molecule has 0 atom stereocenters. The summed E-state index contributed by atoms with van der Waals surface area (Å²) in [7, 11) is 1.98. The highest BCUT2D eigenvalue weighted by Crippen LogP contribution is 2.29. The molecule has 0 amide bonds. The van der Waals surface area contributed by atoms with Crippen LogP contribution in [-0.2, 0) is 13.5 Å². The molecular formula is C14H27N3. The van der Waals surface area contributed by atoms with E-state index in [2.05, 4.69) is 37.3 Å². The van der Waals surface area contributed by atoms with Gasteiger partial charge in [-0.1, -0.05) is 20.8 Å². The maximum Gasteiger partial charge on any atom is 0.0630 e. The van der Waals surface area contributed by atoms with E-state index in [1.54, 1.807) is 0 Å². The SMILES string of the molecule is CCCNCC(CC)(CC)Cc1ccn(C)n1. The highest BCUT2D eigenvalue weighted by molar-refractivity contribution is 5.03. The molecule has 0 bridgehead atoms. The first-order valence-corrected chi connectivity index (χ1v) is 6.85. The van der Waals surface area contributed by atoms with Gasteiger partial charge in [0.25, 0.3) is 0 Å². The van der Waals surface area contributed by atoms with Crippen LogP contribution in [-0.4, -0.2) is 22.9 Å². The van der Waals surface area contributed by atoms with Crippen molar-refractivity contribution in [2.75, 3.05) is 13.1 Å².